The zero-order valence-electron chi connectivity index (χ0n) is 12.6. The van der Waals surface area contributed by atoms with Crippen LogP contribution < -0.4 is 5.32 Å². The van der Waals surface area contributed by atoms with E-state index in [1.807, 2.05) is 13.8 Å². The Morgan fingerprint density at radius 2 is 2.10 bits per heavy atom. The van der Waals surface area contributed by atoms with Crippen LogP contribution in [-0.4, -0.2) is 28.2 Å². The third kappa shape index (κ3) is 4.73. The van der Waals surface area contributed by atoms with Crippen LogP contribution >= 0.6 is 0 Å². The highest BCUT2D eigenvalue weighted by Crippen LogP contribution is 2.22. The Kier molecular flexibility index (Phi) is 6.65. The number of carboxylic acid groups (broad SMARTS) is 1. The van der Waals surface area contributed by atoms with Crippen molar-refractivity contribution in [1.82, 2.24) is 10.5 Å². The molecule has 0 aliphatic heterocycles. The minimum absolute atomic E-state index is 0.0450. The van der Waals surface area contributed by atoms with Crippen molar-refractivity contribution in [2.24, 2.45) is 0 Å². The smallest absolute Gasteiger partial charge is 0.326 e. The lowest BCUT2D eigenvalue weighted by Gasteiger charge is -2.10. The molecule has 0 aliphatic carbocycles. The first-order valence-corrected chi connectivity index (χ1v) is 7.14. The fourth-order valence-corrected chi connectivity index (χ4v) is 2.02. The van der Waals surface area contributed by atoms with Gasteiger partial charge in [0, 0.05) is 12.0 Å². The third-order valence-corrected chi connectivity index (χ3v) is 3.37. The number of hydrogen-bond acceptors (Lipinski definition) is 4. The van der Waals surface area contributed by atoms with Crippen molar-refractivity contribution in [2.75, 3.05) is 0 Å². The van der Waals surface area contributed by atoms with E-state index in [0.717, 1.165) is 18.5 Å². The number of amides is 1. The summed E-state index contributed by atoms with van der Waals surface area (Å²) in [5.74, 6) is -1.35. The number of aliphatic carboxylic acids is 1. The molecule has 0 fully saturated rings. The number of aromatic nitrogens is 1. The van der Waals surface area contributed by atoms with Gasteiger partial charge in [-0.3, -0.25) is 4.79 Å². The molecule has 1 aromatic rings. The zero-order chi connectivity index (χ0) is 15.8. The van der Waals surface area contributed by atoms with Gasteiger partial charge in [0.05, 0.1) is 5.69 Å². The van der Waals surface area contributed by atoms with Crippen molar-refractivity contribution in [2.45, 2.75) is 52.0 Å². The van der Waals surface area contributed by atoms with E-state index in [1.54, 1.807) is 25.1 Å². The van der Waals surface area contributed by atoms with Crippen LogP contribution in [0.3, 0.4) is 0 Å². The fourth-order valence-electron chi connectivity index (χ4n) is 2.02. The quantitative estimate of drug-likeness (QED) is 0.719. The number of nitrogens with one attached hydrogen (secondary N) is 1. The molecule has 0 saturated heterocycles. The lowest BCUT2D eigenvalue weighted by Crippen LogP contribution is -2.40. The van der Waals surface area contributed by atoms with Crippen molar-refractivity contribution < 1.29 is 19.2 Å². The summed E-state index contributed by atoms with van der Waals surface area (Å²) in [5, 5.41) is 15.4. The summed E-state index contributed by atoms with van der Waals surface area (Å²) in [5.41, 5.74) is 0.727. The van der Waals surface area contributed by atoms with E-state index in [1.165, 1.54) is 0 Å². The topological polar surface area (TPSA) is 92.4 Å². The molecule has 6 heteroatoms. The molecule has 1 heterocycles. The number of nitrogens with zero attached hydrogens (tertiary/aromatic N) is 1. The molecule has 1 aromatic heterocycles. The first-order chi connectivity index (χ1) is 10.0. The number of hydrogen-bond donors (Lipinski definition) is 2. The van der Waals surface area contributed by atoms with Crippen molar-refractivity contribution in [1.29, 1.82) is 0 Å². The van der Waals surface area contributed by atoms with Crippen molar-refractivity contribution in [3.63, 3.8) is 0 Å². The Morgan fingerprint density at radius 1 is 1.43 bits per heavy atom. The number of allylic oxidation sites excluding steroid dienone is 1. The second kappa shape index (κ2) is 8.24. The van der Waals surface area contributed by atoms with Gasteiger partial charge in [-0.15, -0.1) is 0 Å². The maximum absolute atomic E-state index is 12.0. The lowest BCUT2D eigenvalue weighted by atomic mass is 9.99. The maximum Gasteiger partial charge on any atom is 0.326 e. The maximum atomic E-state index is 12.0. The van der Waals surface area contributed by atoms with Crippen LogP contribution in [-0.2, 0) is 4.79 Å². The summed E-state index contributed by atoms with van der Waals surface area (Å²) < 4.78 is 5.02. The van der Waals surface area contributed by atoms with Gasteiger partial charge in [0.15, 0.2) is 0 Å². The molecule has 0 radical (unpaired) electrons. The second-order valence-corrected chi connectivity index (χ2v) is 4.80. The molecule has 6 nitrogen and oxygen atoms in total. The standard InChI is InChI=1S/C15H22N2O4/c1-4-7-8-11(15(19)20)16-14(18)13-9-12(17-21-13)10(5-2)6-3/h4,7,9-11H,5-6,8H2,1-3H3,(H,16,18)(H,19,20)/b7-4+. The van der Waals surface area contributed by atoms with Crippen LogP contribution in [0.4, 0.5) is 0 Å². The molecule has 1 amide bonds. The summed E-state index contributed by atoms with van der Waals surface area (Å²) in [4.78, 5) is 23.1. The van der Waals surface area contributed by atoms with Gasteiger partial charge in [0.2, 0.25) is 5.76 Å². The van der Waals surface area contributed by atoms with E-state index < -0.39 is 17.9 Å². The van der Waals surface area contributed by atoms with Crippen molar-refractivity contribution in [3.8, 4) is 0 Å². The molecule has 116 valence electrons. The number of carboxylic acids is 1. The van der Waals surface area contributed by atoms with Gasteiger partial charge < -0.3 is 14.9 Å². The summed E-state index contributed by atoms with van der Waals surface area (Å²) in [7, 11) is 0. The summed E-state index contributed by atoms with van der Waals surface area (Å²) in [6.45, 7) is 5.87. The number of rotatable bonds is 8. The highest BCUT2D eigenvalue weighted by atomic mass is 16.5. The fraction of sp³-hybridized carbons (Fsp3) is 0.533. The minimum Gasteiger partial charge on any atom is -0.480 e. The van der Waals surface area contributed by atoms with Crippen LogP contribution in [0.2, 0.25) is 0 Å². The molecular weight excluding hydrogens is 272 g/mol. The molecule has 1 atom stereocenters. The largest absolute Gasteiger partial charge is 0.480 e. The van der Waals surface area contributed by atoms with Crippen molar-refractivity contribution in [3.05, 3.63) is 29.7 Å². The van der Waals surface area contributed by atoms with E-state index in [0.29, 0.717) is 0 Å². The molecule has 0 aromatic carbocycles. The normalized spacial score (nSPS) is 12.8. The Balaban J connectivity index is 2.76. The Labute approximate surface area is 124 Å². The van der Waals surface area contributed by atoms with Crippen LogP contribution in [0.1, 0.15) is 62.2 Å². The number of carbonyl (C=O) groups excluding carboxylic acids is 1. The second-order valence-electron chi connectivity index (χ2n) is 4.80. The molecule has 2 N–H and O–H groups in total. The summed E-state index contributed by atoms with van der Waals surface area (Å²) >= 11 is 0. The van der Waals surface area contributed by atoms with Gasteiger partial charge in [-0.2, -0.15) is 0 Å². The van der Waals surface area contributed by atoms with Gasteiger partial charge in [-0.1, -0.05) is 31.2 Å². The molecule has 0 aliphatic rings. The average Bonchev–Trinajstić information content (AvgIpc) is 2.94. The predicted octanol–water partition coefficient (Wildman–Crippen LogP) is 2.73. The minimum atomic E-state index is -1.08. The van der Waals surface area contributed by atoms with Gasteiger partial charge in [0.1, 0.15) is 6.04 Å². The molecule has 1 rings (SSSR count). The zero-order valence-corrected chi connectivity index (χ0v) is 12.6. The van der Waals surface area contributed by atoms with Crippen LogP contribution in [0.5, 0.6) is 0 Å². The van der Waals surface area contributed by atoms with Gasteiger partial charge in [0.25, 0.3) is 5.91 Å². The Hall–Kier alpha value is -2.11. The monoisotopic (exact) mass is 294 g/mol. The molecular formula is C15H22N2O4. The Morgan fingerprint density at radius 3 is 2.62 bits per heavy atom. The lowest BCUT2D eigenvalue weighted by molar-refractivity contribution is -0.139. The molecule has 0 spiro atoms. The van der Waals surface area contributed by atoms with E-state index >= 15 is 0 Å². The number of carbonyl (C=O) groups is 2. The molecule has 21 heavy (non-hydrogen) atoms. The third-order valence-electron chi connectivity index (χ3n) is 3.37. The van der Waals surface area contributed by atoms with Crippen LogP contribution in [0, 0.1) is 0 Å². The molecule has 1 unspecified atom stereocenters. The van der Waals surface area contributed by atoms with Gasteiger partial charge in [-0.05, 0) is 26.2 Å². The summed E-state index contributed by atoms with van der Waals surface area (Å²) in [6.07, 6.45) is 5.47. The molecule has 0 bridgehead atoms. The van der Waals surface area contributed by atoms with Crippen LogP contribution in [0.25, 0.3) is 0 Å². The van der Waals surface area contributed by atoms with E-state index in [2.05, 4.69) is 10.5 Å². The SMILES string of the molecule is C/C=C/CC(NC(=O)c1cc(C(CC)CC)no1)C(=O)O. The van der Waals surface area contributed by atoms with Crippen molar-refractivity contribution >= 4 is 11.9 Å². The molecule has 0 saturated carbocycles. The van der Waals surface area contributed by atoms with E-state index in [9.17, 15) is 9.59 Å². The van der Waals surface area contributed by atoms with Gasteiger partial charge in [-0.25, -0.2) is 4.79 Å². The first kappa shape index (κ1) is 16.9. The average molecular weight is 294 g/mol. The van der Waals surface area contributed by atoms with Crippen LogP contribution in [0.15, 0.2) is 22.7 Å². The van der Waals surface area contributed by atoms with E-state index in [4.69, 9.17) is 9.63 Å². The Bertz CT molecular complexity index is 504. The predicted molar refractivity (Wildman–Crippen MR) is 78.1 cm³/mol. The van der Waals surface area contributed by atoms with Gasteiger partial charge >= 0.3 is 5.97 Å². The highest BCUT2D eigenvalue weighted by Gasteiger charge is 2.23. The van der Waals surface area contributed by atoms with E-state index in [-0.39, 0.29) is 18.1 Å². The first-order valence-electron chi connectivity index (χ1n) is 7.14. The highest BCUT2D eigenvalue weighted by molar-refractivity contribution is 5.94. The summed E-state index contributed by atoms with van der Waals surface area (Å²) in [6, 6.07) is 0.608.